The van der Waals surface area contributed by atoms with Gasteiger partial charge in [-0.05, 0) is 18.9 Å². The van der Waals surface area contributed by atoms with Gasteiger partial charge >= 0.3 is 0 Å². The molecule has 1 nitrogen and oxygen atoms in total. The molecule has 0 aromatic rings. The van der Waals surface area contributed by atoms with E-state index < -0.39 is 0 Å². The summed E-state index contributed by atoms with van der Waals surface area (Å²) < 4.78 is 11.8. The van der Waals surface area contributed by atoms with Crippen molar-refractivity contribution >= 4 is 6.21 Å². The molecule has 7 heavy (non-hydrogen) atoms. The number of nitrogens with zero attached hydrogens (tertiary/aromatic N) is 1. The van der Waals surface area contributed by atoms with Crippen LogP contribution in [0.2, 0.25) is 0 Å². The Labute approximate surface area is 41.6 Å². The molecule has 0 unspecified atom stereocenters. The third-order valence-corrected chi connectivity index (χ3v) is 0.823. The van der Waals surface area contributed by atoms with Gasteiger partial charge in [-0.15, -0.1) is 0 Å². The average Bonchev–Trinajstić information content (AvgIpc) is 1.69. The molecule has 0 aromatic carbocycles. The van der Waals surface area contributed by atoms with Crippen LogP contribution in [-0.4, -0.2) is 6.21 Å². The Hall–Kier alpha value is -0.660. The summed E-state index contributed by atoms with van der Waals surface area (Å²) in [6.45, 7) is 0. The number of rotatable bonds is 0. The second-order valence-electron chi connectivity index (χ2n) is 1.42. The molecule has 1 rings (SSSR count). The molecule has 2 heteroatoms. The Kier molecular flexibility index (Phi) is 1.20. The third-order valence-electron chi connectivity index (χ3n) is 0.823. The predicted molar refractivity (Wildman–Crippen MR) is 26.9 cm³/mol. The van der Waals surface area contributed by atoms with Crippen molar-refractivity contribution in [3.63, 3.8) is 0 Å². The lowest BCUT2D eigenvalue weighted by Gasteiger charge is -1.92. The van der Waals surface area contributed by atoms with E-state index in [1.54, 1.807) is 6.21 Å². The lowest BCUT2D eigenvalue weighted by atomic mass is 10.3. The van der Waals surface area contributed by atoms with Crippen molar-refractivity contribution in [1.29, 1.82) is 0 Å². The number of aliphatic imine (C=N–C) groups is 1. The first kappa shape index (κ1) is 4.50. The Balaban J connectivity index is 2.58. The summed E-state index contributed by atoms with van der Waals surface area (Å²) in [6, 6.07) is 0. The van der Waals surface area contributed by atoms with E-state index in [1.807, 2.05) is 0 Å². The quantitative estimate of drug-likeness (QED) is 0.409. The van der Waals surface area contributed by atoms with E-state index >= 15 is 0 Å². The first-order chi connectivity index (χ1) is 3.39. The van der Waals surface area contributed by atoms with Crippen LogP contribution < -0.4 is 0 Å². The van der Waals surface area contributed by atoms with Crippen molar-refractivity contribution in [3.05, 3.63) is 12.0 Å². The van der Waals surface area contributed by atoms with Crippen molar-refractivity contribution in [2.75, 3.05) is 0 Å². The Morgan fingerprint density at radius 1 is 1.57 bits per heavy atom. The van der Waals surface area contributed by atoms with E-state index in [1.165, 1.54) is 6.08 Å². The van der Waals surface area contributed by atoms with Crippen LogP contribution in [0, 0.1) is 0 Å². The molecule has 0 saturated carbocycles. The van der Waals surface area contributed by atoms with Crippen LogP contribution in [0.3, 0.4) is 0 Å². The smallest absolute Gasteiger partial charge is 0.208 e. The van der Waals surface area contributed by atoms with Crippen molar-refractivity contribution in [2.24, 2.45) is 4.99 Å². The summed E-state index contributed by atoms with van der Waals surface area (Å²) in [6.07, 6.45) is 4.76. The fraction of sp³-hybridized carbons (Fsp3) is 0.400. The molecule has 0 N–H and O–H groups in total. The summed E-state index contributed by atoms with van der Waals surface area (Å²) in [5.41, 5.74) is 0. The molecule has 1 heterocycles. The second kappa shape index (κ2) is 1.87. The molecule has 0 saturated heterocycles. The van der Waals surface area contributed by atoms with Gasteiger partial charge in [-0.2, -0.15) is 4.39 Å². The van der Waals surface area contributed by atoms with E-state index in [4.69, 9.17) is 0 Å². The number of halogens is 1. The van der Waals surface area contributed by atoms with E-state index in [0.717, 1.165) is 12.8 Å². The van der Waals surface area contributed by atoms with E-state index in [9.17, 15) is 4.39 Å². The standard InChI is InChI=1S/C5H6FN/c6-5-3-1-2-4-7-5/h3-4H,1-2H2. The molecule has 0 bridgehead atoms. The summed E-state index contributed by atoms with van der Waals surface area (Å²) in [7, 11) is 0. The lowest BCUT2D eigenvalue weighted by molar-refractivity contribution is 0.617. The number of hydrogen-bond donors (Lipinski definition) is 0. The molecule has 0 spiro atoms. The summed E-state index contributed by atoms with van der Waals surface area (Å²) >= 11 is 0. The average molecular weight is 99.1 g/mol. The van der Waals surface area contributed by atoms with Crippen LogP contribution in [0.1, 0.15) is 12.8 Å². The minimum atomic E-state index is -0.341. The van der Waals surface area contributed by atoms with Gasteiger partial charge in [0.15, 0.2) is 0 Å². The van der Waals surface area contributed by atoms with Crippen LogP contribution in [0.4, 0.5) is 4.39 Å². The van der Waals surface area contributed by atoms with Gasteiger partial charge in [0.05, 0.1) is 0 Å². The fourth-order valence-corrected chi connectivity index (χ4v) is 0.481. The van der Waals surface area contributed by atoms with E-state index in [0.29, 0.717) is 0 Å². The highest BCUT2D eigenvalue weighted by Crippen LogP contribution is 2.05. The minimum absolute atomic E-state index is 0.341. The zero-order valence-corrected chi connectivity index (χ0v) is 3.89. The summed E-state index contributed by atoms with van der Waals surface area (Å²) in [5.74, 6) is -0.341. The molecule has 0 radical (unpaired) electrons. The Morgan fingerprint density at radius 3 is 2.71 bits per heavy atom. The maximum Gasteiger partial charge on any atom is 0.208 e. The van der Waals surface area contributed by atoms with Gasteiger partial charge in [0, 0.05) is 6.21 Å². The highest BCUT2D eigenvalue weighted by molar-refractivity contribution is 5.59. The highest BCUT2D eigenvalue weighted by Gasteiger charge is 1.91. The molecule has 1 aliphatic rings. The largest absolute Gasteiger partial charge is 0.233 e. The van der Waals surface area contributed by atoms with E-state index in [2.05, 4.69) is 4.99 Å². The highest BCUT2D eigenvalue weighted by atomic mass is 19.1. The van der Waals surface area contributed by atoms with Gasteiger partial charge in [0.25, 0.3) is 0 Å². The molecule has 1 aliphatic heterocycles. The monoisotopic (exact) mass is 99.0 g/mol. The van der Waals surface area contributed by atoms with Gasteiger partial charge in [0.2, 0.25) is 5.95 Å². The number of hydrogen-bond acceptors (Lipinski definition) is 1. The van der Waals surface area contributed by atoms with Gasteiger partial charge in [0.1, 0.15) is 0 Å². The van der Waals surface area contributed by atoms with E-state index in [-0.39, 0.29) is 5.95 Å². The van der Waals surface area contributed by atoms with Crippen LogP contribution in [-0.2, 0) is 0 Å². The maximum atomic E-state index is 11.8. The predicted octanol–water partition coefficient (Wildman–Crippen LogP) is 1.66. The Morgan fingerprint density at radius 2 is 2.43 bits per heavy atom. The van der Waals surface area contributed by atoms with Crippen molar-refractivity contribution in [1.82, 2.24) is 0 Å². The van der Waals surface area contributed by atoms with Crippen LogP contribution in [0.25, 0.3) is 0 Å². The first-order valence-corrected chi connectivity index (χ1v) is 2.28. The van der Waals surface area contributed by atoms with Crippen LogP contribution in [0.5, 0.6) is 0 Å². The zero-order valence-electron chi connectivity index (χ0n) is 3.89. The normalized spacial score (nSPS) is 19.3. The lowest BCUT2D eigenvalue weighted by Crippen LogP contribution is -1.81. The number of allylic oxidation sites excluding steroid dienone is 1. The maximum absolute atomic E-state index is 11.8. The summed E-state index contributed by atoms with van der Waals surface area (Å²) in [5, 5.41) is 0. The molecule has 0 aliphatic carbocycles. The molecule has 0 aromatic heterocycles. The van der Waals surface area contributed by atoms with Crippen molar-refractivity contribution < 1.29 is 4.39 Å². The topological polar surface area (TPSA) is 12.4 Å². The van der Waals surface area contributed by atoms with Crippen LogP contribution in [0.15, 0.2) is 17.0 Å². The molecule has 0 amide bonds. The van der Waals surface area contributed by atoms with Gasteiger partial charge in [-0.25, -0.2) is 4.99 Å². The molecule has 0 fully saturated rings. The van der Waals surface area contributed by atoms with Gasteiger partial charge in [-0.3, -0.25) is 0 Å². The molecular formula is C5H6FN. The second-order valence-corrected chi connectivity index (χ2v) is 1.42. The molecule has 38 valence electrons. The molecular weight excluding hydrogens is 93.1 g/mol. The third kappa shape index (κ3) is 1.11. The van der Waals surface area contributed by atoms with Crippen molar-refractivity contribution in [3.8, 4) is 0 Å². The Bertz CT molecular complexity index is 115. The van der Waals surface area contributed by atoms with Gasteiger partial charge < -0.3 is 0 Å². The van der Waals surface area contributed by atoms with Crippen molar-refractivity contribution in [2.45, 2.75) is 12.8 Å². The first-order valence-electron chi connectivity index (χ1n) is 2.28. The summed E-state index contributed by atoms with van der Waals surface area (Å²) in [4.78, 5) is 3.40. The van der Waals surface area contributed by atoms with Gasteiger partial charge in [-0.1, -0.05) is 0 Å². The zero-order chi connectivity index (χ0) is 5.11. The minimum Gasteiger partial charge on any atom is -0.233 e. The van der Waals surface area contributed by atoms with Crippen LogP contribution >= 0.6 is 0 Å². The SMILES string of the molecule is FC1=CCCC=N1. The fourth-order valence-electron chi connectivity index (χ4n) is 0.481. The molecule has 0 atom stereocenters.